The highest BCUT2D eigenvalue weighted by Gasteiger charge is 2.32. The van der Waals surface area contributed by atoms with Crippen molar-refractivity contribution in [3.05, 3.63) is 76.0 Å². The number of halogens is 2. The molecule has 2 aromatic rings. The molecule has 0 spiro atoms. The zero-order chi connectivity index (χ0) is 28.3. The van der Waals surface area contributed by atoms with Gasteiger partial charge in [0.15, 0.2) is 0 Å². The largest absolute Gasteiger partial charge is 0.357 e. The molecule has 1 aliphatic heterocycles. The second kappa shape index (κ2) is 12.4. The number of anilines is 1. The summed E-state index contributed by atoms with van der Waals surface area (Å²) in [7, 11) is 0. The van der Waals surface area contributed by atoms with Crippen LogP contribution < -0.4 is 5.32 Å². The summed E-state index contributed by atoms with van der Waals surface area (Å²) in [5, 5.41) is 12.1. The van der Waals surface area contributed by atoms with Gasteiger partial charge in [0.1, 0.15) is 11.6 Å². The Labute approximate surface area is 229 Å². The number of likely N-dealkylation sites (tertiary alicyclic amines) is 1. The minimum atomic E-state index is -0.190. The summed E-state index contributed by atoms with van der Waals surface area (Å²) in [6.07, 6.45) is 3.52. The molecular formula is C33H47F2N3. The van der Waals surface area contributed by atoms with E-state index in [9.17, 15) is 4.39 Å². The highest BCUT2D eigenvalue weighted by molar-refractivity contribution is 5.82. The SMILES string of the molecule is C=C(Nc1ccc([C@H](C)CC[C@@H](C)c2ccc(C)c(C)c2F)c(F)c1C)[C@@H]1CCCN1C(=N)[C@@H](C)C(C)C. The quantitative estimate of drug-likeness (QED) is 0.241. The van der Waals surface area contributed by atoms with Crippen molar-refractivity contribution >= 4 is 11.5 Å². The average Bonchev–Trinajstić information content (AvgIpc) is 3.37. The lowest BCUT2D eigenvalue weighted by Crippen LogP contribution is -2.41. The van der Waals surface area contributed by atoms with Crippen LogP contribution in [0.3, 0.4) is 0 Å². The highest BCUT2D eigenvalue weighted by atomic mass is 19.1. The van der Waals surface area contributed by atoms with E-state index in [1.54, 1.807) is 0 Å². The van der Waals surface area contributed by atoms with Crippen molar-refractivity contribution < 1.29 is 8.78 Å². The van der Waals surface area contributed by atoms with Crippen molar-refractivity contribution in [3.8, 4) is 0 Å². The number of aryl methyl sites for hydroxylation is 1. The summed E-state index contributed by atoms with van der Waals surface area (Å²) < 4.78 is 30.4. The Bertz CT molecular complexity index is 1170. The number of hydrogen-bond acceptors (Lipinski definition) is 2. The van der Waals surface area contributed by atoms with Gasteiger partial charge < -0.3 is 10.2 Å². The monoisotopic (exact) mass is 523 g/mol. The summed E-state index contributed by atoms with van der Waals surface area (Å²) in [6.45, 7) is 21.2. The van der Waals surface area contributed by atoms with Crippen LogP contribution in [-0.2, 0) is 0 Å². The van der Waals surface area contributed by atoms with Gasteiger partial charge in [-0.3, -0.25) is 5.41 Å². The van der Waals surface area contributed by atoms with E-state index in [1.165, 1.54) is 0 Å². The van der Waals surface area contributed by atoms with Crippen LogP contribution in [0.1, 0.15) is 100.0 Å². The van der Waals surface area contributed by atoms with E-state index < -0.39 is 0 Å². The third-order valence-corrected chi connectivity index (χ3v) is 8.89. The van der Waals surface area contributed by atoms with Gasteiger partial charge in [-0.2, -0.15) is 0 Å². The lowest BCUT2D eigenvalue weighted by Gasteiger charge is -2.33. The molecule has 1 saturated heterocycles. The first kappa shape index (κ1) is 29.9. The fourth-order valence-electron chi connectivity index (χ4n) is 5.47. The summed E-state index contributed by atoms with van der Waals surface area (Å²) in [5.74, 6) is 1.02. The molecule has 0 saturated carbocycles. The van der Waals surface area contributed by atoms with Crippen LogP contribution >= 0.6 is 0 Å². The fraction of sp³-hybridized carbons (Fsp3) is 0.545. The Morgan fingerprint density at radius 2 is 1.50 bits per heavy atom. The van der Waals surface area contributed by atoms with Crippen LogP contribution in [0.15, 0.2) is 36.5 Å². The predicted octanol–water partition coefficient (Wildman–Crippen LogP) is 9.24. The second-order valence-corrected chi connectivity index (χ2v) is 11.9. The molecule has 4 atom stereocenters. The minimum absolute atomic E-state index is 0.0197. The van der Waals surface area contributed by atoms with Crippen molar-refractivity contribution in [2.75, 3.05) is 11.9 Å². The summed E-state index contributed by atoms with van der Waals surface area (Å²) in [6, 6.07) is 7.73. The number of nitrogens with one attached hydrogen (secondary N) is 2. The van der Waals surface area contributed by atoms with Gasteiger partial charge >= 0.3 is 0 Å². The smallest absolute Gasteiger partial charge is 0.131 e. The van der Waals surface area contributed by atoms with E-state index in [2.05, 4.69) is 37.6 Å². The lowest BCUT2D eigenvalue weighted by molar-refractivity contribution is 0.380. The van der Waals surface area contributed by atoms with Crippen LogP contribution in [0.5, 0.6) is 0 Å². The van der Waals surface area contributed by atoms with Gasteiger partial charge in [-0.1, -0.05) is 59.4 Å². The Morgan fingerprint density at radius 1 is 0.947 bits per heavy atom. The molecule has 208 valence electrons. The van der Waals surface area contributed by atoms with E-state index in [0.29, 0.717) is 28.4 Å². The molecule has 3 rings (SSSR count). The van der Waals surface area contributed by atoms with Crippen molar-refractivity contribution in [3.63, 3.8) is 0 Å². The first-order valence-electron chi connectivity index (χ1n) is 14.2. The van der Waals surface area contributed by atoms with Crippen LogP contribution in [0.2, 0.25) is 0 Å². The van der Waals surface area contributed by atoms with Crippen LogP contribution in [0.4, 0.5) is 14.5 Å². The number of benzene rings is 2. The Hall–Kier alpha value is -2.69. The molecule has 0 aliphatic carbocycles. The molecule has 3 nitrogen and oxygen atoms in total. The summed E-state index contributed by atoms with van der Waals surface area (Å²) in [5.41, 5.74) is 5.23. The molecule has 38 heavy (non-hydrogen) atoms. The van der Waals surface area contributed by atoms with Gasteiger partial charge in [0, 0.05) is 29.4 Å². The molecule has 0 unspecified atom stereocenters. The number of nitrogens with zero attached hydrogens (tertiary/aromatic N) is 1. The molecule has 0 bridgehead atoms. The van der Waals surface area contributed by atoms with Crippen LogP contribution in [0.25, 0.3) is 0 Å². The highest BCUT2D eigenvalue weighted by Crippen LogP contribution is 2.34. The van der Waals surface area contributed by atoms with Gasteiger partial charge in [0.2, 0.25) is 0 Å². The van der Waals surface area contributed by atoms with Crippen molar-refractivity contribution in [1.82, 2.24) is 4.90 Å². The number of hydrogen-bond donors (Lipinski definition) is 2. The average molecular weight is 524 g/mol. The molecule has 1 fully saturated rings. The van der Waals surface area contributed by atoms with Gasteiger partial charge in [-0.25, -0.2) is 8.78 Å². The number of amidine groups is 1. The molecule has 0 amide bonds. The molecule has 2 aromatic carbocycles. The summed E-state index contributed by atoms with van der Waals surface area (Å²) >= 11 is 0. The molecule has 1 heterocycles. The van der Waals surface area contributed by atoms with Crippen molar-refractivity contribution in [1.29, 1.82) is 5.41 Å². The third-order valence-electron chi connectivity index (χ3n) is 8.89. The maximum Gasteiger partial charge on any atom is 0.131 e. The third kappa shape index (κ3) is 6.30. The summed E-state index contributed by atoms with van der Waals surface area (Å²) in [4.78, 5) is 2.15. The predicted molar refractivity (Wildman–Crippen MR) is 157 cm³/mol. The first-order valence-corrected chi connectivity index (χ1v) is 14.2. The molecule has 0 aromatic heterocycles. The Balaban J connectivity index is 1.67. The standard InChI is InChI=1S/C33H47F2N3/c1-19(2)23(6)33(36)38-18-10-11-30(38)26(9)37-29-17-16-28(32(35)25(29)8)22(5)13-12-21(4)27-15-14-20(3)24(7)31(27)34/h14-17,19,21-23,30,36-37H,9-13,18H2,1-8H3/t21-,22-,23+,30+/m1/s1. The zero-order valence-corrected chi connectivity index (χ0v) is 24.6. The fourth-order valence-corrected chi connectivity index (χ4v) is 5.47. The Kier molecular flexibility index (Phi) is 9.78. The Morgan fingerprint density at radius 3 is 2.08 bits per heavy atom. The molecule has 5 heteroatoms. The zero-order valence-electron chi connectivity index (χ0n) is 24.6. The van der Waals surface area contributed by atoms with Gasteiger partial charge in [0.05, 0.1) is 11.9 Å². The normalized spacial score (nSPS) is 18.0. The molecule has 0 radical (unpaired) electrons. The van der Waals surface area contributed by atoms with E-state index >= 15 is 4.39 Å². The van der Waals surface area contributed by atoms with Crippen LogP contribution in [-0.4, -0.2) is 23.3 Å². The second-order valence-electron chi connectivity index (χ2n) is 11.9. The first-order chi connectivity index (χ1) is 17.8. The number of rotatable bonds is 10. The lowest BCUT2D eigenvalue weighted by atomic mass is 9.87. The maximum absolute atomic E-state index is 15.6. The van der Waals surface area contributed by atoms with E-state index in [4.69, 9.17) is 5.41 Å². The van der Waals surface area contributed by atoms with E-state index in [-0.39, 0.29) is 35.4 Å². The van der Waals surface area contributed by atoms with Gasteiger partial charge in [-0.05, 0) is 92.5 Å². The molecule has 2 N–H and O–H groups in total. The molecular weight excluding hydrogens is 476 g/mol. The van der Waals surface area contributed by atoms with Crippen molar-refractivity contribution in [2.45, 2.75) is 99.0 Å². The van der Waals surface area contributed by atoms with Crippen LogP contribution in [0, 0.1) is 49.7 Å². The van der Waals surface area contributed by atoms with E-state index in [0.717, 1.165) is 54.7 Å². The molecule has 1 aliphatic rings. The topological polar surface area (TPSA) is 39.1 Å². The van der Waals surface area contributed by atoms with E-state index in [1.807, 2.05) is 58.9 Å². The van der Waals surface area contributed by atoms with Gasteiger partial charge in [0.25, 0.3) is 0 Å². The van der Waals surface area contributed by atoms with Crippen molar-refractivity contribution in [2.24, 2.45) is 11.8 Å². The minimum Gasteiger partial charge on any atom is -0.357 e. The maximum atomic E-state index is 15.6. The van der Waals surface area contributed by atoms with Gasteiger partial charge in [-0.15, -0.1) is 0 Å².